The number of anilines is 3. The predicted molar refractivity (Wildman–Crippen MR) is 194 cm³/mol. The maximum absolute atomic E-state index is 14.1. The lowest BCUT2D eigenvalue weighted by Gasteiger charge is -2.35. The monoisotopic (exact) mass is 682 g/mol. The average Bonchev–Trinajstić information content (AvgIpc) is 3.30. The molecule has 50 heavy (non-hydrogen) atoms. The Kier molecular flexibility index (Phi) is 9.93. The highest BCUT2D eigenvalue weighted by atomic mass is 19.1. The number of hydrogen-bond acceptors (Lipinski definition) is 10. The van der Waals surface area contributed by atoms with E-state index in [4.69, 9.17) is 19.4 Å². The van der Waals surface area contributed by atoms with Crippen molar-refractivity contribution < 1.29 is 18.7 Å². The number of hydrogen-bond donors (Lipinski definition) is 2. The number of amides is 1. The molecule has 1 saturated heterocycles. The highest BCUT2D eigenvalue weighted by Crippen LogP contribution is 2.47. The van der Waals surface area contributed by atoms with Crippen molar-refractivity contribution in [3.63, 3.8) is 0 Å². The van der Waals surface area contributed by atoms with Crippen LogP contribution in [0.5, 0.6) is 11.5 Å². The minimum absolute atomic E-state index is 0.0176. The van der Waals surface area contributed by atoms with Crippen molar-refractivity contribution in [3.05, 3.63) is 77.8 Å². The minimum Gasteiger partial charge on any atom is -0.497 e. The molecule has 1 fully saturated rings. The van der Waals surface area contributed by atoms with Crippen LogP contribution in [0.4, 0.5) is 21.7 Å². The van der Waals surface area contributed by atoms with Crippen molar-refractivity contribution in [3.8, 4) is 22.8 Å². The molecule has 2 aliphatic heterocycles. The smallest absolute Gasteiger partial charge is 0.238 e. The van der Waals surface area contributed by atoms with E-state index in [1.165, 1.54) is 12.3 Å². The van der Waals surface area contributed by atoms with Crippen molar-refractivity contribution in [2.24, 2.45) is 0 Å². The Hall–Kier alpha value is -4.84. The van der Waals surface area contributed by atoms with Gasteiger partial charge in [-0.1, -0.05) is 0 Å². The molecule has 12 heteroatoms. The topological polar surface area (TPSA) is 118 Å². The number of nitrogens with one attached hydrogen (secondary N) is 2. The lowest BCUT2D eigenvalue weighted by molar-refractivity contribution is -0.122. The van der Waals surface area contributed by atoms with Gasteiger partial charge in [0.05, 0.1) is 55.0 Å². The van der Waals surface area contributed by atoms with Gasteiger partial charge in [-0.15, -0.1) is 0 Å². The molecule has 0 atom stereocenters. The molecule has 0 unspecified atom stereocenters. The second-order valence-corrected chi connectivity index (χ2v) is 14.5. The normalized spacial score (nSPS) is 16.0. The molecule has 6 rings (SSSR count). The zero-order chi connectivity index (χ0) is 35.6. The average molecular weight is 683 g/mol. The molecule has 1 amide bonds. The molecule has 0 radical (unpaired) electrons. The number of fused-ring (bicyclic) bond motifs is 1. The fraction of sp³-hybridized carbons (Fsp3) is 0.447. The van der Waals surface area contributed by atoms with Gasteiger partial charge in [0.1, 0.15) is 35.3 Å². The molecule has 0 spiro atoms. The number of ether oxygens (including phenoxy) is 2. The summed E-state index contributed by atoms with van der Waals surface area (Å²) >= 11 is 0. The van der Waals surface area contributed by atoms with E-state index in [1.54, 1.807) is 31.6 Å². The van der Waals surface area contributed by atoms with E-state index in [-0.39, 0.29) is 17.4 Å². The van der Waals surface area contributed by atoms with E-state index in [9.17, 15) is 9.18 Å². The number of methoxy groups -OCH3 is 2. The molecule has 0 saturated carbocycles. The maximum Gasteiger partial charge on any atom is 0.238 e. The number of piperidine rings is 1. The second kappa shape index (κ2) is 14.2. The van der Waals surface area contributed by atoms with Gasteiger partial charge < -0.3 is 25.0 Å². The summed E-state index contributed by atoms with van der Waals surface area (Å²) in [6.07, 6.45) is 6.05. The fourth-order valence-electron chi connectivity index (χ4n) is 6.86. The largest absolute Gasteiger partial charge is 0.497 e. The number of aromatic nitrogens is 4. The summed E-state index contributed by atoms with van der Waals surface area (Å²) in [7, 11) is 3.22. The van der Waals surface area contributed by atoms with Gasteiger partial charge in [-0.05, 0) is 77.8 Å². The summed E-state index contributed by atoms with van der Waals surface area (Å²) in [5, 5.41) is 7.12. The van der Waals surface area contributed by atoms with Gasteiger partial charge >= 0.3 is 0 Å². The zero-order valence-corrected chi connectivity index (χ0v) is 30.0. The molecular weight excluding hydrogens is 635 g/mol. The molecule has 1 aromatic carbocycles. The third kappa shape index (κ3) is 7.21. The Morgan fingerprint density at radius 3 is 2.44 bits per heavy atom. The number of nitrogens with zero attached hydrogens (tertiary/aromatic N) is 6. The van der Waals surface area contributed by atoms with E-state index in [2.05, 4.69) is 46.3 Å². The Morgan fingerprint density at radius 2 is 1.74 bits per heavy atom. The summed E-state index contributed by atoms with van der Waals surface area (Å²) in [5.41, 5.74) is 4.16. The Morgan fingerprint density at radius 1 is 0.980 bits per heavy atom. The van der Waals surface area contributed by atoms with Crippen LogP contribution < -0.4 is 29.9 Å². The van der Waals surface area contributed by atoms with Gasteiger partial charge in [0.25, 0.3) is 0 Å². The summed E-state index contributed by atoms with van der Waals surface area (Å²) in [5.74, 6) is 2.47. The van der Waals surface area contributed by atoms with E-state index in [1.807, 2.05) is 44.2 Å². The van der Waals surface area contributed by atoms with Crippen molar-refractivity contribution in [1.29, 1.82) is 0 Å². The Balaban J connectivity index is 1.24. The quantitative estimate of drug-likeness (QED) is 0.180. The first-order chi connectivity index (χ1) is 23.9. The second-order valence-electron chi connectivity index (χ2n) is 14.5. The van der Waals surface area contributed by atoms with Crippen molar-refractivity contribution in [2.45, 2.75) is 70.9 Å². The van der Waals surface area contributed by atoms with Gasteiger partial charge in [0.15, 0.2) is 0 Å². The predicted octanol–water partition coefficient (Wildman–Crippen LogP) is 6.10. The number of benzene rings is 1. The van der Waals surface area contributed by atoms with Crippen LogP contribution in [0.3, 0.4) is 0 Å². The third-order valence-corrected chi connectivity index (χ3v) is 9.49. The summed E-state index contributed by atoms with van der Waals surface area (Å²) in [6.45, 7) is 13.6. The van der Waals surface area contributed by atoms with E-state index >= 15 is 0 Å². The number of halogens is 1. The first-order valence-electron chi connectivity index (χ1n) is 17.1. The maximum atomic E-state index is 14.1. The lowest BCUT2D eigenvalue weighted by atomic mass is 9.86. The number of pyridine rings is 2. The van der Waals surface area contributed by atoms with E-state index < -0.39 is 11.2 Å². The first-order valence-corrected chi connectivity index (χ1v) is 17.1. The summed E-state index contributed by atoms with van der Waals surface area (Å²) in [6, 6.07) is 11.0. The molecule has 2 N–H and O–H groups in total. The molecule has 11 nitrogen and oxygen atoms in total. The molecular formula is C38H47FN8O3. The molecule has 2 aliphatic rings. The van der Waals surface area contributed by atoms with Crippen LogP contribution >= 0.6 is 0 Å². The van der Waals surface area contributed by atoms with Crippen molar-refractivity contribution in [2.75, 3.05) is 55.5 Å². The van der Waals surface area contributed by atoms with Gasteiger partial charge in [-0.2, -0.15) is 0 Å². The van der Waals surface area contributed by atoms with Crippen molar-refractivity contribution in [1.82, 2.24) is 25.3 Å². The molecule has 5 heterocycles. The third-order valence-electron chi connectivity index (χ3n) is 9.49. The molecule has 0 bridgehead atoms. The van der Waals surface area contributed by atoms with Gasteiger partial charge in [-0.25, -0.2) is 14.4 Å². The first kappa shape index (κ1) is 35.0. The minimum atomic E-state index is -0.824. The molecule has 4 aromatic rings. The van der Waals surface area contributed by atoms with Crippen LogP contribution in [0, 0.1) is 5.82 Å². The van der Waals surface area contributed by atoms with Crippen LogP contribution in [0.25, 0.3) is 11.3 Å². The Labute approximate surface area is 293 Å². The fourth-order valence-corrected chi connectivity index (χ4v) is 6.86. The zero-order valence-electron chi connectivity index (χ0n) is 30.0. The van der Waals surface area contributed by atoms with Gasteiger partial charge in [-0.3, -0.25) is 19.7 Å². The van der Waals surface area contributed by atoms with Gasteiger partial charge in [0.2, 0.25) is 5.91 Å². The van der Waals surface area contributed by atoms with Crippen LogP contribution in [-0.4, -0.2) is 71.8 Å². The van der Waals surface area contributed by atoms with Crippen LogP contribution in [0.2, 0.25) is 0 Å². The highest BCUT2D eigenvalue weighted by Gasteiger charge is 2.48. The highest BCUT2D eigenvalue weighted by molar-refractivity contribution is 6.08. The van der Waals surface area contributed by atoms with Crippen LogP contribution in [0.1, 0.15) is 70.2 Å². The lowest BCUT2D eigenvalue weighted by Crippen LogP contribution is -2.39. The summed E-state index contributed by atoms with van der Waals surface area (Å²) < 4.78 is 25.1. The van der Waals surface area contributed by atoms with Gasteiger partial charge in [0, 0.05) is 61.0 Å². The summed E-state index contributed by atoms with van der Waals surface area (Å²) in [4.78, 5) is 36.5. The Bertz CT molecular complexity index is 1850. The molecule has 264 valence electrons. The van der Waals surface area contributed by atoms with E-state index in [0.29, 0.717) is 35.1 Å². The number of rotatable bonds is 11. The van der Waals surface area contributed by atoms with Crippen LogP contribution in [-0.2, 0) is 16.8 Å². The van der Waals surface area contributed by atoms with Crippen molar-refractivity contribution >= 4 is 23.2 Å². The molecule has 3 aromatic heterocycles. The van der Waals surface area contributed by atoms with E-state index in [0.717, 1.165) is 67.3 Å². The molecule has 0 aliphatic carbocycles. The van der Waals surface area contributed by atoms with Crippen LogP contribution in [0.15, 0.2) is 55.1 Å². The SMILES string of the molecule is COc1ccc(CN2C(=O)C(C)(C)c3c(N4CCC(c5nc(-c6cncc(F)c6)ccc5NCCNC(C)(C)C)CC4)ncnc32)c(OC)c1. The standard InChI is InChI=1S/C38H47FN8O3/c1-37(2,3)44-15-14-41-30-11-10-29(26-18-27(39)21-40-20-26)45-33(30)24-12-16-46(17-13-24)34-32-35(43-23-42-34)47(36(48)38(32,4)5)22-25-8-9-28(49-6)19-31(25)50-7/h8-11,18-21,23-24,41,44H,12-17,22H2,1-7H3. The number of carbonyl (C=O) groups excluding carboxylic acids is 1. The number of carbonyl (C=O) groups is 1.